The minimum atomic E-state index is -3.71. The van der Waals surface area contributed by atoms with E-state index in [2.05, 4.69) is 14.7 Å². The molecule has 0 fully saturated rings. The van der Waals surface area contributed by atoms with Gasteiger partial charge in [-0.3, -0.25) is 0 Å². The molecule has 8 heteroatoms. The first-order valence-corrected chi connectivity index (χ1v) is 10.9. The quantitative estimate of drug-likeness (QED) is 0.494. The maximum absolute atomic E-state index is 12.8. The average Bonchev–Trinajstić information content (AvgIpc) is 3.23. The van der Waals surface area contributed by atoms with E-state index in [0.29, 0.717) is 31.2 Å². The van der Waals surface area contributed by atoms with Crippen molar-refractivity contribution in [1.82, 2.24) is 14.7 Å². The summed E-state index contributed by atoms with van der Waals surface area (Å²) in [6.45, 7) is 2.78. The van der Waals surface area contributed by atoms with Gasteiger partial charge in [0.1, 0.15) is 18.2 Å². The highest BCUT2D eigenvalue weighted by Gasteiger charge is 2.22. The minimum absolute atomic E-state index is 0.171. The number of nitrogens with zero attached hydrogens (tertiary/aromatic N) is 1. The highest BCUT2D eigenvalue weighted by atomic mass is 32.2. The monoisotopic (exact) mass is 415 g/mol. The van der Waals surface area contributed by atoms with Crippen LogP contribution in [0.4, 0.5) is 0 Å². The van der Waals surface area contributed by atoms with Gasteiger partial charge in [-0.25, -0.2) is 18.1 Å². The first-order valence-electron chi connectivity index (χ1n) is 9.38. The summed E-state index contributed by atoms with van der Waals surface area (Å²) < 4.78 is 38.8. The number of hydrogen-bond acceptors (Lipinski definition) is 5. The van der Waals surface area contributed by atoms with E-state index in [4.69, 9.17) is 9.47 Å². The second-order valence-electron chi connectivity index (χ2n) is 6.44. The van der Waals surface area contributed by atoms with Crippen LogP contribution in [0.1, 0.15) is 25.2 Å². The molecule has 2 N–H and O–H groups in total. The normalized spacial score (nSPS) is 12.6. The number of rotatable bonds is 10. The topological polar surface area (TPSA) is 93.3 Å². The summed E-state index contributed by atoms with van der Waals surface area (Å²) in [4.78, 5) is 7.78. The van der Waals surface area contributed by atoms with Crippen LogP contribution in [0.2, 0.25) is 0 Å². The lowest BCUT2D eigenvalue weighted by molar-refractivity contribution is 0.146. The Balaban J connectivity index is 1.72. The molecule has 0 amide bonds. The van der Waals surface area contributed by atoms with E-state index in [1.54, 1.807) is 25.4 Å². The van der Waals surface area contributed by atoms with Gasteiger partial charge in [0.2, 0.25) is 10.0 Å². The third kappa shape index (κ3) is 5.44. The van der Waals surface area contributed by atoms with Crippen molar-refractivity contribution in [3.05, 3.63) is 66.6 Å². The molecule has 0 aliphatic heterocycles. The molecule has 1 aromatic heterocycles. The molecule has 0 saturated carbocycles. The highest BCUT2D eigenvalue weighted by molar-refractivity contribution is 7.89. The molecule has 0 aliphatic carbocycles. The highest BCUT2D eigenvalue weighted by Crippen LogP contribution is 2.23. The van der Waals surface area contributed by atoms with E-state index < -0.39 is 16.1 Å². The predicted octanol–water partition coefficient (Wildman–Crippen LogP) is 3.53. The van der Waals surface area contributed by atoms with Gasteiger partial charge in [-0.05, 0) is 36.2 Å². The van der Waals surface area contributed by atoms with Crippen LogP contribution in [-0.4, -0.2) is 38.7 Å². The molecular formula is C21H25N3O4S. The summed E-state index contributed by atoms with van der Waals surface area (Å²) in [5.74, 6) is 1.17. The Morgan fingerprint density at radius 1 is 1.07 bits per heavy atom. The Morgan fingerprint density at radius 2 is 1.79 bits per heavy atom. The van der Waals surface area contributed by atoms with Gasteiger partial charge in [0, 0.05) is 7.11 Å². The van der Waals surface area contributed by atoms with E-state index in [1.165, 1.54) is 12.1 Å². The van der Waals surface area contributed by atoms with Crippen molar-refractivity contribution in [3.63, 3.8) is 0 Å². The largest absolute Gasteiger partial charge is 0.491 e. The number of aromatic amines is 1. The summed E-state index contributed by atoms with van der Waals surface area (Å²) in [5.41, 5.74) is 1.84. The molecule has 0 spiro atoms. The van der Waals surface area contributed by atoms with E-state index in [1.807, 2.05) is 37.3 Å². The van der Waals surface area contributed by atoms with Gasteiger partial charge >= 0.3 is 0 Å². The van der Waals surface area contributed by atoms with Crippen molar-refractivity contribution in [2.45, 2.75) is 24.3 Å². The second-order valence-corrected chi connectivity index (χ2v) is 8.16. The van der Waals surface area contributed by atoms with Gasteiger partial charge in [-0.1, -0.05) is 37.3 Å². The molecule has 154 valence electrons. The molecule has 3 rings (SSSR count). The molecule has 3 aromatic rings. The number of H-pyrrole nitrogens is 1. The third-order valence-electron chi connectivity index (χ3n) is 4.41. The van der Waals surface area contributed by atoms with Crippen molar-refractivity contribution < 1.29 is 17.9 Å². The molecule has 0 bridgehead atoms. The van der Waals surface area contributed by atoms with Crippen LogP contribution in [-0.2, 0) is 14.8 Å². The van der Waals surface area contributed by atoms with Crippen molar-refractivity contribution in [2.24, 2.45) is 0 Å². The predicted molar refractivity (Wildman–Crippen MR) is 111 cm³/mol. The molecule has 7 nitrogen and oxygen atoms in total. The number of methoxy groups -OCH3 is 1. The van der Waals surface area contributed by atoms with Gasteiger partial charge < -0.3 is 14.5 Å². The molecule has 29 heavy (non-hydrogen) atoms. The van der Waals surface area contributed by atoms with Crippen LogP contribution in [0.15, 0.2) is 65.7 Å². The maximum Gasteiger partial charge on any atom is 0.241 e. The number of sulfonamides is 1. The SMILES string of the molecule is CCC(NS(=O)(=O)c1ccc(OCCOC)cc1)c1ncc(-c2ccccc2)[nH]1. The zero-order valence-electron chi connectivity index (χ0n) is 16.5. The van der Waals surface area contributed by atoms with Crippen LogP contribution < -0.4 is 9.46 Å². The fourth-order valence-electron chi connectivity index (χ4n) is 2.82. The first kappa shape index (κ1) is 21.0. The second kappa shape index (κ2) is 9.69. The lowest BCUT2D eigenvalue weighted by Crippen LogP contribution is -2.29. The van der Waals surface area contributed by atoms with Crippen molar-refractivity contribution >= 4 is 10.0 Å². The molecule has 1 atom stereocenters. The van der Waals surface area contributed by atoms with Gasteiger partial charge in [0.05, 0.1) is 29.4 Å². The molecule has 0 radical (unpaired) electrons. The molecule has 0 aliphatic rings. The molecule has 2 aromatic carbocycles. The Morgan fingerprint density at radius 3 is 2.45 bits per heavy atom. The smallest absolute Gasteiger partial charge is 0.241 e. The van der Waals surface area contributed by atoms with E-state index >= 15 is 0 Å². The summed E-state index contributed by atoms with van der Waals surface area (Å²) in [5, 5.41) is 0. The van der Waals surface area contributed by atoms with E-state index in [9.17, 15) is 8.42 Å². The minimum Gasteiger partial charge on any atom is -0.491 e. The van der Waals surface area contributed by atoms with Gasteiger partial charge in [0.25, 0.3) is 0 Å². The van der Waals surface area contributed by atoms with E-state index in [-0.39, 0.29) is 4.90 Å². The Kier molecular flexibility index (Phi) is 7.03. The van der Waals surface area contributed by atoms with Crippen LogP contribution in [0, 0.1) is 0 Å². The molecule has 1 heterocycles. The van der Waals surface area contributed by atoms with Crippen molar-refractivity contribution in [2.75, 3.05) is 20.3 Å². The number of benzene rings is 2. The number of nitrogens with one attached hydrogen (secondary N) is 2. The van der Waals surface area contributed by atoms with Crippen LogP contribution in [0.25, 0.3) is 11.3 Å². The Hall–Kier alpha value is -2.68. The summed E-state index contributed by atoms with van der Waals surface area (Å²) >= 11 is 0. The number of imidazole rings is 1. The lowest BCUT2D eigenvalue weighted by atomic mass is 10.2. The third-order valence-corrected chi connectivity index (χ3v) is 5.89. The Labute approximate surface area is 171 Å². The lowest BCUT2D eigenvalue weighted by Gasteiger charge is -2.15. The van der Waals surface area contributed by atoms with E-state index in [0.717, 1.165) is 11.3 Å². The van der Waals surface area contributed by atoms with Gasteiger partial charge in [0.15, 0.2) is 0 Å². The van der Waals surface area contributed by atoms with Gasteiger partial charge in [-0.2, -0.15) is 0 Å². The average molecular weight is 416 g/mol. The maximum atomic E-state index is 12.8. The summed E-state index contributed by atoms with van der Waals surface area (Å²) in [6, 6.07) is 15.6. The fraction of sp³-hybridized carbons (Fsp3) is 0.286. The van der Waals surface area contributed by atoms with Crippen LogP contribution >= 0.6 is 0 Å². The number of hydrogen-bond donors (Lipinski definition) is 2. The van der Waals surface area contributed by atoms with Gasteiger partial charge in [-0.15, -0.1) is 0 Å². The molecular weight excluding hydrogens is 390 g/mol. The van der Waals surface area contributed by atoms with Crippen molar-refractivity contribution in [3.8, 4) is 17.0 Å². The van der Waals surface area contributed by atoms with Crippen LogP contribution in [0.3, 0.4) is 0 Å². The number of aromatic nitrogens is 2. The van der Waals surface area contributed by atoms with Crippen LogP contribution in [0.5, 0.6) is 5.75 Å². The van der Waals surface area contributed by atoms with Crippen molar-refractivity contribution in [1.29, 1.82) is 0 Å². The fourth-order valence-corrected chi connectivity index (χ4v) is 4.11. The molecule has 1 unspecified atom stereocenters. The summed E-state index contributed by atoms with van der Waals surface area (Å²) in [7, 11) is -2.11. The summed E-state index contributed by atoms with van der Waals surface area (Å²) in [6.07, 6.45) is 2.27. The zero-order chi connectivity index (χ0) is 20.7. The zero-order valence-corrected chi connectivity index (χ0v) is 17.3. The number of ether oxygens (including phenoxy) is 2. The molecule has 0 saturated heterocycles. The Bertz CT molecular complexity index is 1000. The first-order chi connectivity index (χ1) is 14.0. The standard InChI is InChI=1S/C21H25N3O4S/c1-3-19(21-22-15-20(23-21)16-7-5-4-6-8-16)24-29(25,26)18-11-9-17(10-12-18)28-14-13-27-2/h4-12,15,19,24H,3,13-14H2,1-2H3,(H,22,23).